The van der Waals surface area contributed by atoms with Crippen molar-refractivity contribution in [1.29, 1.82) is 0 Å². The third-order valence-electron chi connectivity index (χ3n) is 6.73. The lowest BCUT2D eigenvalue weighted by Crippen LogP contribution is -2.46. The first-order chi connectivity index (χ1) is 18.5. The Labute approximate surface area is 224 Å². The summed E-state index contributed by atoms with van der Waals surface area (Å²) < 4.78 is 25.5. The minimum Gasteiger partial charge on any atom is -0.492 e. The molecule has 3 N–H and O–H groups in total. The van der Waals surface area contributed by atoms with E-state index in [9.17, 15) is 14.3 Å². The van der Waals surface area contributed by atoms with Crippen molar-refractivity contribution in [3.8, 4) is 17.6 Å². The number of likely N-dealkylation sites (tertiary alicyclic amines) is 1. The maximum Gasteiger partial charge on any atom is 0.290 e. The van der Waals surface area contributed by atoms with Crippen LogP contribution in [0.3, 0.4) is 0 Å². The normalized spacial score (nSPS) is 14.7. The Morgan fingerprint density at radius 1 is 1.08 bits per heavy atom. The Morgan fingerprint density at radius 3 is 2.45 bits per heavy atom. The lowest BCUT2D eigenvalue weighted by molar-refractivity contribution is 0.0611. The van der Waals surface area contributed by atoms with Crippen molar-refractivity contribution < 1.29 is 23.4 Å². The Hall–Kier alpha value is -3.60. The highest BCUT2D eigenvalue weighted by Crippen LogP contribution is 2.46. The average Bonchev–Trinajstić information content (AvgIpc) is 3.56. The SMILES string of the molecule is CC.CC.NCc1ccc2c(c1)C1(CCN(C(=O)c3oc(C#Cc4ccccc4F)cc3CO)CC1)CO2. The summed E-state index contributed by atoms with van der Waals surface area (Å²) in [6, 6.07) is 13.8. The fourth-order valence-corrected chi connectivity index (χ4v) is 4.71. The molecule has 2 aliphatic heterocycles. The lowest BCUT2D eigenvalue weighted by atomic mass is 9.74. The first kappa shape index (κ1) is 29.0. The van der Waals surface area contributed by atoms with Crippen LogP contribution < -0.4 is 10.5 Å². The molecule has 5 rings (SSSR count). The number of carbonyl (C=O) groups is 1. The van der Waals surface area contributed by atoms with Crippen LogP contribution in [0.2, 0.25) is 0 Å². The number of hydrogen-bond donors (Lipinski definition) is 2. The summed E-state index contributed by atoms with van der Waals surface area (Å²) in [5, 5.41) is 9.77. The molecule has 1 fully saturated rings. The molecule has 0 unspecified atom stereocenters. The van der Waals surface area contributed by atoms with Crippen LogP contribution in [0.1, 0.15) is 79.1 Å². The van der Waals surface area contributed by atoms with Gasteiger partial charge >= 0.3 is 0 Å². The summed E-state index contributed by atoms with van der Waals surface area (Å²) in [5.41, 5.74) is 8.53. The summed E-state index contributed by atoms with van der Waals surface area (Å²) in [6.07, 6.45) is 1.52. The van der Waals surface area contributed by atoms with E-state index in [1.54, 1.807) is 23.1 Å². The van der Waals surface area contributed by atoms with E-state index < -0.39 is 5.82 Å². The van der Waals surface area contributed by atoms with E-state index >= 15 is 0 Å². The molecule has 3 aromatic rings. The van der Waals surface area contributed by atoms with Crippen molar-refractivity contribution in [2.45, 2.75) is 59.1 Å². The highest BCUT2D eigenvalue weighted by Gasteiger charge is 2.44. The number of aliphatic hydroxyl groups excluding tert-OH is 1. The van der Waals surface area contributed by atoms with E-state index in [4.69, 9.17) is 14.9 Å². The Kier molecular flexibility index (Phi) is 10.1. The van der Waals surface area contributed by atoms with Crippen LogP contribution in [-0.2, 0) is 18.6 Å². The molecule has 6 nitrogen and oxygen atoms in total. The van der Waals surface area contributed by atoms with Gasteiger partial charge in [0.15, 0.2) is 11.5 Å². The molecule has 2 aromatic carbocycles. The maximum absolute atomic E-state index is 13.8. The number of ether oxygens (including phenoxy) is 1. The Bertz CT molecular complexity index is 1300. The molecule has 1 amide bonds. The Morgan fingerprint density at radius 2 is 1.79 bits per heavy atom. The molecule has 0 bridgehead atoms. The van der Waals surface area contributed by atoms with Crippen molar-refractivity contribution in [3.63, 3.8) is 0 Å². The highest BCUT2D eigenvalue weighted by molar-refractivity contribution is 5.93. The molecule has 7 heteroatoms. The second-order valence-electron chi connectivity index (χ2n) is 8.75. The van der Waals surface area contributed by atoms with Crippen LogP contribution in [0, 0.1) is 17.7 Å². The molecule has 1 saturated heterocycles. The van der Waals surface area contributed by atoms with Gasteiger partial charge in [0.2, 0.25) is 0 Å². The smallest absolute Gasteiger partial charge is 0.290 e. The van der Waals surface area contributed by atoms with Crippen molar-refractivity contribution in [1.82, 2.24) is 4.90 Å². The maximum atomic E-state index is 13.8. The van der Waals surface area contributed by atoms with Crippen LogP contribution >= 0.6 is 0 Å². The number of carbonyl (C=O) groups excluding carboxylic acids is 1. The number of hydrogen-bond acceptors (Lipinski definition) is 5. The van der Waals surface area contributed by atoms with Gasteiger partial charge in [-0.3, -0.25) is 4.79 Å². The van der Waals surface area contributed by atoms with E-state index in [1.807, 2.05) is 39.8 Å². The summed E-state index contributed by atoms with van der Waals surface area (Å²) in [6.45, 7) is 9.79. The molecule has 3 heterocycles. The van der Waals surface area contributed by atoms with Gasteiger partial charge in [0.25, 0.3) is 5.91 Å². The fourth-order valence-electron chi connectivity index (χ4n) is 4.71. The van der Waals surface area contributed by atoms with Gasteiger partial charge in [0.1, 0.15) is 11.6 Å². The number of fused-ring (bicyclic) bond motifs is 2. The monoisotopic (exact) mass is 520 g/mol. The molecular weight excluding hydrogens is 483 g/mol. The van der Waals surface area contributed by atoms with E-state index in [2.05, 4.69) is 17.9 Å². The molecule has 202 valence electrons. The van der Waals surface area contributed by atoms with Crippen molar-refractivity contribution in [3.05, 3.63) is 88.1 Å². The molecule has 38 heavy (non-hydrogen) atoms. The number of nitrogens with two attached hydrogens (primary N) is 1. The molecule has 1 aromatic heterocycles. The van der Waals surface area contributed by atoms with Gasteiger partial charge in [-0.05, 0) is 48.6 Å². The predicted molar refractivity (Wildman–Crippen MR) is 146 cm³/mol. The fraction of sp³-hybridized carbons (Fsp3) is 0.387. The minimum atomic E-state index is -0.432. The Balaban J connectivity index is 0.000000956. The molecular formula is C31H37FN2O4. The number of rotatable bonds is 3. The quantitative estimate of drug-likeness (QED) is 0.452. The number of piperidine rings is 1. The van der Waals surface area contributed by atoms with E-state index in [0.29, 0.717) is 31.8 Å². The van der Waals surface area contributed by atoms with Crippen LogP contribution in [0.4, 0.5) is 4.39 Å². The lowest BCUT2D eigenvalue weighted by Gasteiger charge is -2.38. The number of nitrogens with zero attached hydrogens (tertiary/aromatic N) is 1. The van der Waals surface area contributed by atoms with Crippen molar-refractivity contribution >= 4 is 5.91 Å². The van der Waals surface area contributed by atoms with Gasteiger partial charge in [-0.2, -0.15) is 0 Å². The molecule has 0 radical (unpaired) electrons. The average molecular weight is 521 g/mol. The van der Waals surface area contributed by atoms with Crippen molar-refractivity contribution in [2.75, 3.05) is 19.7 Å². The molecule has 0 aliphatic carbocycles. The van der Waals surface area contributed by atoms with Crippen molar-refractivity contribution in [2.24, 2.45) is 5.73 Å². The summed E-state index contributed by atoms with van der Waals surface area (Å²) in [7, 11) is 0. The van der Waals surface area contributed by atoms with E-state index in [0.717, 1.165) is 24.2 Å². The van der Waals surface area contributed by atoms with Gasteiger partial charge in [-0.25, -0.2) is 4.39 Å². The van der Waals surface area contributed by atoms with E-state index in [1.165, 1.54) is 17.7 Å². The summed E-state index contributed by atoms with van der Waals surface area (Å²) >= 11 is 0. The number of amides is 1. The second-order valence-corrected chi connectivity index (χ2v) is 8.75. The number of benzene rings is 2. The largest absolute Gasteiger partial charge is 0.492 e. The minimum absolute atomic E-state index is 0.0739. The number of halogens is 1. The van der Waals surface area contributed by atoms with Gasteiger partial charge in [0, 0.05) is 36.2 Å². The third kappa shape index (κ3) is 5.93. The predicted octanol–water partition coefficient (Wildman–Crippen LogP) is 5.39. The van der Waals surface area contributed by atoms with Crippen LogP contribution in [0.5, 0.6) is 5.75 Å². The van der Waals surface area contributed by atoms with Crippen LogP contribution in [0.15, 0.2) is 52.9 Å². The second kappa shape index (κ2) is 13.3. The van der Waals surface area contributed by atoms with Gasteiger partial charge < -0.3 is 24.9 Å². The molecule has 1 spiro atoms. The van der Waals surface area contributed by atoms with Crippen LogP contribution in [-0.4, -0.2) is 35.6 Å². The van der Waals surface area contributed by atoms with Gasteiger partial charge in [0.05, 0.1) is 18.8 Å². The molecule has 0 atom stereocenters. The third-order valence-corrected chi connectivity index (χ3v) is 6.73. The summed E-state index contributed by atoms with van der Waals surface area (Å²) in [4.78, 5) is 15.0. The molecule has 2 aliphatic rings. The van der Waals surface area contributed by atoms with Gasteiger partial charge in [-0.1, -0.05) is 57.9 Å². The zero-order valence-corrected chi connectivity index (χ0v) is 22.6. The topological polar surface area (TPSA) is 88.9 Å². The molecule has 0 saturated carbocycles. The first-order valence-electron chi connectivity index (χ1n) is 13.3. The zero-order chi connectivity index (χ0) is 27.7. The summed E-state index contributed by atoms with van der Waals surface area (Å²) in [5.74, 6) is 5.92. The standard InChI is InChI=1S/C27H25FN2O4.2C2H6/c28-23-4-2-1-3-19(23)6-7-21-14-20(16-31)25(34-21)26(32)30-11-9-27(10-12-30)17-33-24-8-5-18(15-29)13-22(24)27;2*1-2/h1-5,8,13-14,31H,9-12,15-17,29H2;2*1-2H3. The highest BCUT2D eigenvalue weighted by atomic mass is 19.1. The zero-order valence-electron chi connectivity index (χ0n) is 22.6. The van der Waals surface area contributed by atoms with E-state index in [-0.39, 0.29) is 35.0 Å². The van der Waals surface area contributed by atoms with Gasteiger partial charge in [-0.15, -0.1) is 0 Å². The number of furan rings is 1. The number of aliphatic hydroxyl groups is 1. The van der Waals surface area contributed by atoms with Crippen LogP contribution in [0.25, 0.3) is 0 Å². The first-order valence-corrected chi connectivity index (χ1v) is 13.3.